The van der Waals surface area contributed by atoms with E-state index in [2.05, 4.69) is 28.2 Å². The van der Waals surface area contributed by atoms with E-state index < -0.39 is 5.97 Å². The molecule has 20 heavy (non-hydrogen) atoms. The molecule has 3 nitrogen and oxygen atoms in total. The van der Waals surface area contributed by atoms with Crippen LogP contribution in [0.15, 0.2) is 22.7 Å². The summed E-state index contributed by atoms with van der Waals surface area (Å²) in [6.07, 6.45) is 6.43. The summed E-state index contributed by atoms with van der Waals surface area (Å²) in [6, 6.07) is 5.35. The van der Waals surface area contributed by atoms with Gasteiger partial charge in [0.1, 0.15) is 0 Å². The largest absolute Gasteiger partial charge is 0.478 e. The number of benzene rings is 1. The molecule has 0 radical (unpaired) electrons. The summed E-state index contributed by atoms with van der Waals surface area (Å²) in [4.78, 5) is 11.2. The van der Waals surface area contributed by atoms with Crippen molar-refractivity contribution in [1.29, 1.82) is 0 Å². The van der Waals surface area contributed by atoms with Gasteiger partial charge in [-0.1, -0.05) is 48.5 Å². The fraction of sp³-hybridized carbons (Fsp3) is 0.562. The minimum atomic E-state index is -0.889. The number of hydrogen-bond acceptors (Lipinski definition) is 2. The third-order valence-electron chi connectivity index (χ3n) is 4.22. The number of anilines is 1. The molecule has 0 aromatic heterocycles. The summed E-state index contributed by atoms with van der Waals surface area (Å²) in [6.45, 7) is 3.18. The molecule has 0 heterocycles. The quantitative estimate of drug-likeness (QED) is 0.811. The maximum Gasteiger partial charge on any atom is 0.337 e. The molecule has 1 fully saturated rings. The summed E-state index contributed by atoms with van der Waals surface area (Å²) in [5.74, 6) is 0.784. The van der Waals surface area contributed by atoms with Crippen LogP contribution in [0.2, 0.25) is 0 Å². The Morgan fingerprint density at radius 2 is 2.05 bits per heavy atom. The van der Waals surface area contributed by atoms with Crippen LogP contribution in [-0.4, -0.2) is 17.6 Å². The predicted molar refractivity (Wildman–Crippen MR) is 85.3 cm³/mol. The zero-order valence-electron chi connectivity index (χ0n) is 11.9. The third-order valence-corrected chi connectivity index (χ3v) is 4.71. The van der Waals surface area contributed by atoms with E-state index >= 15 is 0 Å². The number of rotatable bonds is 5. The first-order valence-corrected chi connectivity index (χ1v) is 8.12. The first-order valence-electron chi connectivity index (χ1n) is 7.33. The van der Waals surface area contributed by atoms with Gasteiger partial charge in [-0.15, -0.1) is 0 Å². The van der Waals surface area contributed by atoms with Crippen molar-refractivity contribution in [1.82, 2.24) is 0 Å². The van der Waals surface area contributed by atoms with Gasteiger partial charge in [-0.2, -0.15) is 0 Å². The lowest BCUT2D eigenvalue weighted by Crippen LogP contribution is -2.16. The Bertz CT molecular complexity index is 468. The number of nitrogens with one attached hydrogen (secondary N) is 1. The van der Waals surface area contributed by atoms with Gasteiger partial charge in [-0.3, -0.25) is 0 Å². The lowest BCUT2D eigenvalue weighted by molar-refractivity contribution is 0.0698. The highest BCUT2D eigenvalue weighted by molar-refractivity contribution is 9.10. The van der Waals surface area contributed by atoms with Gasteiger partial charge < -0.3 is 10.4 Å². The number of carboxylic acid groups (broad SMARTS) is 1. The molecule has 4 heteroatoms. The SMILES string of the molecule is CC1CCC(CCNc2ccc(Br)cc2C(=O)O)CC1. The smallest absolute Gasteiger partial charge is 0.337 e. The maximum absolute atomic E-state index is 11.2. The van der Waals surface area contributed by atoms with Crippen molar-refractivity contribution < 1.29 is 9.90 Å². The summed E-state index contributed by atoms with van der Waals surface area (Å²) in [7, 11) is 0. The average molecular weight is 340 g/mol. The van der Waals surface area contributed by atoms with Crippen molar-refractivity contribution in [3.05, 3.63) is 28.2 Å². The minimum Gasteiger partial charge on any atom is -0.478 e. The van der Waals surface area contributed by atoms with Crippen molar-refractivity contribution in [2.75, 3.05) is 11.9 Å². The molecule has 0 unspecified atom stereocenters. The van der Waals surface area contributed by atoms with Crippen molar-refractivity contribution >= 4 is 27.6 Å². The van der Waals surface area contributed by atoms with Gasteiger partial charge in [0.2, 0.25) is 0 Å². The Labute approximate surface area is 128 Å². The molecular weight excluding hydrogens is 318 g/mol. The third kappa shape index (κ3) is 4.23. The van der Waals surface area contributed by atoms with E-state index in [1.165, 1.54) is 25.7 Å². The average Bonchev–Trinajstić information content (AvgIpc) is 2.42. The summed E-state index contributed by atoms with van der Waals surface area (Å²) in [5.41, 5.74) is 1.04. The van der Waals surface area contributed by atoms with Crippen LogP contribution >= 0.6 is 15.9 Å². The maximum atomic E-state index is 11.2. The predicted octanol–water partition coefficient (Wildman–Crippen LogP) is 4.78. The lowest BCUT2D eigenvalue weighted by atomic mass is 9.81. The van der Waals surface area contributed by atoms with Crippen molar-refractivity contribution in [2.24, 2.45) is 11.8 Å². The highest BCUT2D eigenvalue weighted by atomic mass is 79.9. The molecule has 0 amide bonds. The molecule has 1 aliphatic carbocycles. The Morgan fingerprint density at radius 3 is 2.70 bits per heavy atom. The van der Waals surface area contributed by atoms with Crippen LogP contribution in [0.1, 0.15) is 49.4 Å². The molecule has 0 spiro atoms. The van der Waals surface area contributed by atoms with Crippen LogP contribution in [0.3, 0.4) is 0 Å². The molecule has 2 rings (SSSR count). The number of carbonyl (C=O) groups is 1. The van der Waals surface area contributed by atoms with Crippen LogP contribution in [-0.2, 0) is 0 Å². The molecule has 1 aromatic carbocycles. The molecular formula is C16H22BrNO2. The minimum absolute atomic E-state index is 0.330. The normalized spacial score (nSPS) is 22.5. The van der Waals surface area contributed by atoms with Gasteiger partial charge in [0.15, 0.2) is 0 Å². The molecule has 0 aliphatic heterocycles. The van der Waals surface area contributed by atoms with Crippen LogP contribution in [0.4, 0.5) is 5.69 Å². The topological polar surface area (TPSA) is 49.3 Å². The molecule has 0 bridgehead atoms. The van der Waals surface area contributed by atoms with Crippen LogP contribution in [0.25, 0.3) is 0 Å². The van der Waals surface area contributed by atoms with Gasteiger partial charge in [0, 0.05) is 16.7 Å². The zero-order valence-corrected chi connectivity index (χ0v) is 13.4. The Kier molecular flexibility index (Phi) is 5.46. The number of hydrogen-bond donors (Lipinski definition) is 2. The fourth-order valence-electron chi connectivity index (χ4n) is 2.88. The first-order chi connectivity index (χ1) is 9.56. The summed E-state index contributed by atoms with van der Waals surface area (Å²) >= 11 is 3.31. The van der Waals surface area contributed by atoms with E-state index in [0.29, 0.717) is 11.3 Å². The first kappa shape index (κ1) is 15.4. The van der Waals surface area contributed by atoms with Gasteiger partial charge >= 0.3 is 5.97 Å². The monoisotopic (exact) mass is 339 g/mol. The van der Waals surface area contributed by atoms with Crippen LogP contribution in [0, 0.1) is 11.8 Å². The molecule has 0 atom stereocenters. The highest BCUT2D eigenvalue weighted by Gasteiger charge is 2.18. The van der Waals surface area contributed by atoms with E-state index in [9.17, 15) is 9.90 Å². The Hall–Kier alpha value is -1.03. The van der Waals surface area contributed by atoms with E-state index in [1.54, 1.807) is 6.07 Å². The van der Waals surface area contributed by atoms with E-state index in [1.807, 2.05) is 12.1 Å². The second-order valence-electron chi connectivity index (χ2n) is 5.84. The van der Waals surface area contributed by atoms with Gasteiger partial charge in [0.25, 0.3) is 0 Å². The number of carboxylic acids is 1. The van der Waals surface area contributed by atoms with Crippen molar-refractivity contribution in [3.8, 4) is 0 Å². The lowest BCUT2D eigenvalue weighted by Gasteiger charge is -2.26. The molecule has 1 aliphatic rings. The zero-order chi connectivity index (χ0) is 14.5. The number of halogens is 1. The van der Waals surface area contributed by atoms with Crippen LogP contribution in [0.5, 0.6) is 0 Å². The summed E-state index contributed by atoms with van der Waals surface area (Å²) in [5, 5.41) is 12.5. The van der Waals surface area contributed by atoms with E-state index in [-0.39, 0.29) is 0 Å². The van der Waals surface area contributed by atoms with Gasteiger partial charge in [-0.05, 0) is 36.5 Å². The summed E-state index contributed by atoms with van der Waals surface area (Å²) < 4.78 is 0.793. The molecule has 1 aromatic rings. The fourth-order valence-corrected chi connectivity index (χ4v) is 3.24. The molecule has 1 saturated carbocycles. The molecule has 0 saturated heterocycles. The van der Waals surface area contributed by atoms with Gasteiger partial charge in [-0.25, -0.2) is 4.79 Å². The molecule has 110 valence electrons. The standard InChI is InChI=1S/C16H22BrNO2/c1-11-2-4-12(5-3-11)8-9-18-15-7-6-13(17)10-14(15)16(19)20/h6-7,10-12,18H,2-5,8-9H2,1H3,(H,19,20). The second kappa shape index (κ2) is 7.11. The van der Waals surface area contributed by atoms with Gasteiger partial charge in [0.05, 0.1) is 5.56 Å². The van der Waals surface area contributed by atoms with Crippen molar-refractivity contribution in [2.45, 2.75) is 39.0 Å². The van der Waals surface area contributed by atoms with Crippen molar-refractivity contribution in [3.63, 3.8) is 0 Å². The van der Waals surface area contributed by atoms with Crippen LogP contribution < -0.4 is 5.32 Å². The van der Waals surface area contributed by atoms with E-state index in [4.69, 9.17) is 0 Å². The molecule has 2 N–H and O–H groups in total. The second-order valence-corrected chi connectivity index (χ2v) is 6.75. The highest BCUT2D eigenvalue weighted by Crippen LogP contribution is 2.30. The Morgan fingerprint density at radius 1 is 1.35 bits per heavy atom. The number of aromatic carboxylic acids is 1. The Balaban J connectivity index is 1.86. The van der Waals surface area contributed by atoms with E-state index in [0.717, 1.165) is 29.3 Å².